The number of rotatable bonds is 29. The third kappa shape index (κ3) is 31.5. The minimum atomic E-state index is -1.72. The molecule has 1 aliphatic rings. The molecule has 0 fully saturated rings. The summed E-state index contributed by atoms with van der Waals surface area (Å²) in [7, 11) is 1.50. The lowest BCUT2D eigenvalue weighted by atomic mass is 9.88. The number of halogens is 2. The largest absolute Gasteiger partial charge is 0.370 e. The number of nitrogens with one attached hydrogen (secondary N) is 12. The minimum Gasteiger partial charge on any atom is -0.370 e. The van der Waals surface area contributed by atoms with E-state index in [4.69, 9.17) is 11.5 Å². The van der Waals surface area contributed by atoms with Crippen LogP contribution >= 0.6 is 0 Å². The molecule has 0 saturated heterocycles. The van der Waals surface area contributed by atoms with Crippen molar-refractivity contribution < 1.29 is 80.7 Å². The summed E-state index contributed by atoms with van der Waals surface area (Å²) in [5, 5.41) is 30.9. The molecule has 9 amide bonds. The summed E-state index contributed by atoms with van der Waals surface area (Å²) in [6.45, 7) is 16.5. The Kier molecular flexibility index (Phi) is 40.5. The number of H-pyrrole nitrogens is 1. The summed E-state index contributed by atoms with van der Waals surface area (Å²) in [5.41, 5.74) is 13.6. The van der Waals surface area contributed by atoms with E-state index < -0.39 is 184 Å². The van der Waals surface area contributed by atoms with Crippen molar-refractivity contribution in [1.29, 1.82) is 0 Å². The van der Waals surface area contributed by atoms with Crippen LogP contribution in [0.25, 0.3) is 10.9 Å². The number of para-hydroxylation sites is 1. The number of nitrogens with two attached hydrogens (primary N) is 3. The Bertz CT molecular complexity index is 3720. The molecular formula is C78H119F2N15O15. The lowest BCUT2D eigenvalue weighted by Crippen LogP contribution is -2.62. The summed E-state index contributed by atoms with van der Waals surface area (Å²) in [5.74, 6) is -15.8. The zero-order valence-corrected chi connectivity index (χ0v) is 66.0. The number of fused-ring (bicyclic) bond motifs is 1. The molecule has 110 heavy (non-hydrogen) atoms. The topological polar surface area (TPSA) is 482 Å². The van der Waals surface area contributed by atoms with Crippen molar-refractivity contribution >= 4 is 98.8 Å². The Labute approximate surface area is 643 Å². The molecule has 2 aromatic carbocycles. The fraction of sp³-hybridized carbons (Fsp3) is 0.603. The molecule has 0 bridgehead atoms. The fourth-order valence-electron chi connectivity index (χ4n) is 12.2. The van der Waals surface area contributed by atoms with Crippen molar-refractivity contribution in [2.45, 2.75) is 251 Å². The van der Waals surface area contributed by atoms with Gasteiger partial charge in [0.15, 0.2) is 17.4 Å². The van der Waals surface area contributed by atoms with E-state index in [2.05, 4.69) is 69.2 Å². The standard InChI is InChI=1S/C77H114F2N14O15.CH5N/c1-43(2)34-54-41-85-59(30-31-63(80)96)67(100)66(99)48(7)88-73(106)61(37-53-40-84-58-27-23-22-26-55(53)58)86-42-62(95)76(11,93-74(107)60(83-39-45(4)94)36-52-28-29-56(78)57(79)35-52)32-24-20-18-16-14-13-15-17-19-21-25-33-77(12,92-72(54)105)75(108)91-51(10)71(104)90-50(9)70(103)89-49(8)69(102)87-47(6)65(98)64(97)46(5)82-38-44(3)68(81)101;1-2/h17,19,22-23,26-29,35,40,43-44,46-51,54,59-61,82-86H,13-16,18,20-21,24-25,30-34,36-39,41-42H2,1-12H3,(H2,80,96)(H2,81,101)(H,87,102)(H,88,106)(H,89,103)(H,90,104)(H,91,108)(H,92,105)(H,93,107);2H2,1H3/b19-17+;/t44-,46-,47-,48?,49?,50-,51?,54+,59-,60-,61-,76+,77-;/m0./s1. The first-order valence-electron chi connectivity index (χ1n) is 37.9. The summed E-state index contributed by atoms with van der Waals surface area (Å²) >= 11 is 0. The minimum absolute atomic E-state index is 0.0259. The Hall–Kier alpha value is -9.37. The maximum absolute atomic E-state index is 14.9. The number of allylic oxidation sites excluding steroid dienone is 2. The van der Waals surface area contributed by atoms with E-state index in [9.17, 15) is 80.7 Å². The second kappa shape index (κ2) is 47.0. The number of hydrogen-bond donors (Lipinski definition) is 15. The van der Waals surface area contributed by atoms with Gasteiger partial charge in [0, 0.05) is 42.5 Å². The molecule has 0 spiro atoms. The lowest BCUT2D eigenvalue weighted by Gasteiger charge is -2.33. The maximum atomic E-state index is 14.9. The van der Waals surface area contributed by atoms with Crippen LogP contribution in [0.2, 0.25) is 0 Å². The van der Waals surface area contributed by atoms with Crippen molar-refractivity contribution in [3.63, 3.8) is 0 Å². The van der Waals surface area contributed by atoms with E-state index in [1.54, 1.807) is 26.1 Å². The summed E-state index contributed by atoms with van der Waals surface area (Å²) in [6.07, 6.45) is 10.9. The van der Waals surface area contributed by atoms with Gasteiger partial charge in [-0.05, 0) is 169 Å². The molecule has 4 rings (SSSR count). The summed E-state index contributed by atoms with van der Waals surface area (Å²) in [6, 6.07) is -1.22. The van der Waals surface area contributed by atoms with Crippen LogP contribution < -0.4 is 75.7 Å². The zero-order valence-electron chi connectivity index (χ0n) is 66.0. The highest BCUT2D eigenvalue weighted by Crippen LogP contribution is 2.24. The van der Waals surface area contributed by atoms with Gasteiger partial charge in [-0.15, -0.1) is 0 Å². The van der Waals surface area contributed by atoms with E-state index in [0.29, 0.717) is 37.7 Å². The Morgan fingerprint density at radius 3 is 1.82 bits per heavy atom. The molecule has 18 N–H and O–H groups in total. The van der Waals surface area contributed by atoms with Gasteiger partial charge in [-0.25, -0.2) is 8.78 Å². The average molecular weight is 1540 g/mol. The van der Waals surface area contributed by atoms with Crippen molar-refractivity contribution in [1.82, 2.24) is 63.5 Å². The second-order valence-electron chi connectivity index (χ2n) is 29.5. The molecule has 1 aromatic heterocycles. The molecule has 610 valence electrons. The zero-order chi connectivity index (χ0) is 82.8. The van der Waals surface area contributed by atoms with Gasteiger partial charge in [-0.1, -0.05) is 89.3 Å². The first-order valence-corrected chi connectivity index (χ1v) is 37.9. The van der Waals surface area contributed by atoms with Gasteiger partial charge in [-0.3, -0.25) is 82.6 Å². The number of hydrogen-bond acceptors (Lipinski definition) is 20. The van der Waals surface area contributed by atoms with Crippen LogP contribution in [0.15, 0.2) is 60.8 Å². The molecule has 13 atom stereocenters. The highest BCUT2D eigenvalue weighted by Gasteiger charge is 2.41. The van der Waals surface area contributed by atoms with E-state index >= 15 is 0 Å². The quantitative estimate of drug-likeness (QED) is 0.0350. The summed E-state index contributed by atoms with van der Waals surface area (Å²) < 4.78 is 28.5. The number of amides is 9. The fourth-order valence-corrected chi connectivity index (χ4v) is 12.2. The summed E-state index contributed by atoms with van der Waals surface area (Å²) in [4.78, 5) is 208. The van der Waals surface area contributed by atoms with Crippen molar-refractivity contribution in [3.8, 4) is 0 Å². The molecule has 3 unspecified atom stereocenters. The molecule has 32 heteroatoms. The Balaban J connectivity index is 0.0000155. The first-order chi connectivity index (χ1) is 51.8. The highest BCUT2D eigenvalue weighted by atomic mass is 19.2. The van der Waals surface area contributed by atoms with E-state index in [-0.39, 0.29) is 75.4 Å². The second-order valence-corrected chi connectivity index (χ2v) is 29.5. The molecule has 3 aromatic rings. The number of benzene rings is 2. The third-order valence-electron chi connectivity index (χ3n) is 19.3. The van der Waals surface area contributed by atoms with Gasteiger partial charge in [0.25, 0.3) is 0 Å². The van der Waals surface area contributed by atoms with Gasteiger partial charge >= 0.3 is 0 Å². The van der Waals surface area contributed by atoms with E-state index in [1.165, 1.54) is 68.5 Å². The Morgan fingerprint density at radius 1 is 0.636 bits per heavy atom. The van der Waals surface area contributed by atoms with Gasteiger partial charge in [0.1, 0.15) is 29.4 Å². The number of carbonyl (C=O) groups excluding carboxylic acids is 15. The van der Waals surface area contributed by atoms with Crippen LogP contribution in [0, 0.1) is 29.4 Å². The van der Waals surface area contributed by atoms with Crippen molar-refractivity contribution in [2.24, 2.45) is 35.0 Å². The van der Waals surface area contributed by atoms with Crippen LogP contribution in [0.1, 0.15) is 184 Å². The van der Waals surface area contributed by atoms with Gasteiger partial charge in [0.2, 0.25) is 76.3 Å². The number of Topliss-reactive ketones (excluding diaryl/α,β-unsaturated/α-hetero) is 6. The first kappa shape index (κ1) is 94.8. The van der Waals surface area contributed by atoms with E-state index in [1.807, 2.05) is 44.2 Å². The highest BCUT2D eigenvalue weighted by molar-refractivity contribution is 6.41. The monoisotopic (exact) mass is 1540 g/mol. The lowest BCUT2D eigenvalue weighted by molar-refractivity contribution is -0.140. The van der Waals surface area contributed by atoms with Gasteiger partial charge in [0.05, 0.1) is 60.8 Å². The average Bonchev–Trinajstić information content (AvgIpc) is 1.58. The smallest absolute Gasteiger partial charge is 0.246 e. The predicted octanol–water partition coefficient (Wildman–Crippen LogP) is 2.28. The third-order valence-corrected chi connectivity index (χ3v) is 19.3. The van der Waals surface area contributed by atoms with E-state index in [0.717, 1.165) is 48.7 Å². The van der Waals surface area contributed by atoms with Crippen LogP contribution in [-0.4, -0.2) is 192 Å². The molecule has 30 nitrogen and oxygen atoms in total. The number of ketones is 6. The number of primary amides is 2. The maximum Gasteiger partial charge on any atom is 0.246 e. The van der Waals surface area contributed by atoms with Crippen molar-refractivity contribution in [3.05, 3.63) is 83.6 Å². The SMILES string of the molecule is CC(=O)CN[C@@H](Cc1ccc(F)c(F)c1)C(=O)N[C@]1(C)CCCCCCCC/C=C/CCC[C@@](C)(C(=O)NC(C)C(=O)N[C@@H](C)C(=O)NC(C)C(=O)N[C@@H](C)C(=O)C(=O)[C@H](C)NC[C@H](C)C(N)=O)NC(=O)[C@H](CC(C)C)CN[C@@H](CCC(N)=O)C(=O)C(=O)C(C)NC(=O)[C@H](Cc2c[nH]c3ccccc23)NCC1=O.CN. The van der Waals surface area contributed by atoms with Gasteiger partial charge in [-0.2, -0.15) is 0 Å². The van der Waals surface area contributed by atoms with Gasteiger partial charge < -0.3 is 70.0 Å². The predicted molar refractivity (Wildman–Crippen MR) is 412 cm³/mol. The molecule has 1 aliphatic heterocycles. The van der Waals surface area contributed by atoms with Crippen molar-refractivity contribution in [2.75, 3.05) is 33.2 Å². The molecule has 0 aliphatic carbocycles. The van der Waals surface area contributed by atoms with Crippen LogP contribution in [0.4, 0.5) is 8.78 Å². The number of aromatic amines is 1. The molecule has 0 saturated carbocycles. The molecule has 0 radical (unpaired) electrons. The van der Waals surface area contributed by atoms with Crippen LogP contribution in [0.3, 0.4) is 0 Å². The molecular weight excluding hydrogens is 1420 g/mol. The van der Waals surface area contributed by atoms with Crippen LogP contribution in [-0.2, 0) is 84.8 Å². The number of aromatic nitrogens is 1. The Morgan fingerprint density at radius 2 is 1.22 bits per heavy atom. The number of carbonyl (C=O) groups is 15. The molecule has 2 heterocycles. The van der Waals surface area contributed by atoms with Crippen LogP contribution in [0.5, 0.6) is 0 Å². The normalized spacial score (nSPS) is 22.2.